The summed E-state index contributed by atoms with van der Waals surface area (Å²) >= 11 is 0. The van der Waals surface area contributed by atoms with Gasteiger partial charge in [-0.15, -0.1) is 0 Å². The molecule has 1 aliphatic rings. The first kappa shape index (κ1) is 11.6. The standard InChI is InChI=1S/C12H21N3O/c1-9-12(10-4-7-14-8-5-10)15-11(16-9)3-2-6-13/h10,14H,2-8,13H2,1H3. The highest BCUT2D eigenvalue weighted by atomic mass is 16.4. The second-order valence-corrected chi connectivity index (χ2v) is 4.47. The summed E-state index contributed by atoms with van der Waals surface area (Å²) in [7, 11) is 0. The number of nitrogens with two attached hydrogens (primary N) is 1. The molecule has 2 heterocycles. The molecule has 0 radical (unpaired) electrons. The molecule has 0 spiro atoms. The van der Waals surface area contributed by atoms with Crippen molar-refractivity contribution >= 4 is 0 Å². The van der Waals surface area contributed by atoms with Crippen molar-refractivity contribution in [3.8, 4) is 0 Å². The van der Waals surface area contributed by atoms with E-state index in [0.717, 1.165) is 37.6 Å². The number of oxazole rings is 1. The van der Waals surface area contributed by atoms with Gasteiger partial charge in [0.05, 0.1) is 5.69 Å². The Balaban J connectivity index is 2.04. The van der Waals surface area contributed by atoms with Crippen LogP contribution in [0, 0.1) is 6.92 Å². The average molecular weight is 223 g/mol. The van der Waals surface area contributed by atoms with Crippen LogP contribution in [-0.2, 0) is 6.42 Å². The first-order valence-corrected chi connectivity index (χ1v) is 6.18. The van der Waals surface area contributed by atoms with E-state index in [4.69, 9.17) is 10.2 Å². The van der Waals surface area contributed by atoms with Gasteiger partial charge in [0.15, 0.2) is 5.89 Å². The Hall–Kier alpha value is -0.870. The van der Waals surface area contributed by atoms with Crippen molar-refractivity contribution in [2.75, 3.05) is 19.6 Å². The molecule has 4 nitrogen and oxygen atoms in total. The maximum Gasteiger partial charge on any atom is 0.194 e. The zero-order chi connectivity index (χ0) is 11.4. The van der Waals surface area contributed by atoms with Gasteiger partial charge in [-0.05, 0) is 45.8 Å². The normalized spacial score (nSPS) is 17.9. The van der Waals surface area contributed by atoms with Gasteiger partial charge in [0.2, 0.25) is 0 Å². The zero-order valence-electron chi connectivity index (χ0n) is 9.96. The summed E-state index contributed by atoms with van der Waals surface area (Å²) in [6.07, 6.45) is 4.15. The Bertz CT molecular complexity index is 329. The average Bonchev–Trinajstić information content (AvgIpc) is 2.69. The van der Waals surface area contributed by atoms with E-state index in [-0.39, 0.29) is 0 Å². The number of piperidine rings is 1. The van der Waals surface area contributed by atoms with E-state index in [0.29, 0.717) is 12.5 Å². The van der Waals surface area contributed by atoms with Gasteiger partial charge in [0, 0.05) is 12.3 Å². The van der Waals surface area contributed by atoms with E-state index < -0.39 is 0 Å². The molecule has 0 aliphatic carbocycles. The second-order valence-electron chi connectivity index (χ2n) is 4.47. The molecule has 1 aromatic heterocycles. The van der Waals surface area contributed by atoms with Crippen LogP contribution in [0.25, 0.3) is 0 Å². The van der Waals surface area contributed by atoms with Crippen LogP contribution in [0.15, 0.2) is 4.42 Å². The van der Waals surface area contributed by atoms with Gasteiger partial charge in [-0.3, -0.25) is 0 Å². The maximum absolute atomic E-state index is 5.68. The van der Waals surface area contributed by atoms with Gasteiger partial charge >= 0.3 is 0 Å². The molecule has 3 N–H and O–H groups in total. The van der Waals surface area contributed by atoms with Crippen molar-refractivity contribution in [3.05, 3.63) is 17.3 Å². The molecule has 1 aromatic rings. The smallest absolute Gasteiger partial charge is 0.194 e. The molecule has 1 saturated heterocycles. The SMILES string of the molecule is Cc1oc(CCCN)nc1C1CCNCC1. The van der Waals surface area contributed by atoms with Crippen LogP contribution in [0.5, 0.6) is 0 Å². The highest BCUT2D eigenvalue weighted by Crippen LogP contribution is 2.27. The van der Waals surface area contributed by atoms with E-state index in [1.807, 2.05) is 6.92 Å². The topological polar surface area (TPSA) is 64.1 Å². The largest absolute Gasteiger partial charge is 0.446 e. The predicted molar refractivity (Wildman–Crippen MR) is 63.5 cm³/mol. The highest BCUT2D eigenvalue weighted by molar-refractivity contribution is 5.15. The fraction of sp³-hybridized carbons (Fsp3) is 0.750. The van der Waals surface area contributed by atoms with Crippen LogP contribution < -0.4 is 11.1 Å². The molecule has 0 atom stereocenters. The quantitative estimate of drug-likeness (QED) is 0.808. The summed E-state index contributed by atoms with van der Waals surface area (Å²) in [6, 6.07) is 0. The molecule has 2 rings (SSSR count). The van der Waals surface area contributed by atoms with Crippen molar-refractivity contribution in [3.63, 3.8) is 0 Å². The van der Waals surface area contributed by atoms with Crippen molar-refractivity contribution < 1.29 is 4.42 Å². The third-order valence-electron chi connectivity index (χ3n) is 3.20. The second kappa shape index (κ2) is 5.46. The molecule has 0 amide bonds. The maximum atomic E-state index is 5.68. The summed E-state index contributed by atoms with van der Waals surface area (Å²) in [4.78, 5) is 4.62. The third-order valence-corrected chi connectivity index (χ3v) is 3.20. The summed E-state index contributed by atoms with van der Waals surface area (Å²) < 4.78 is 5.68. The van der Waals surface area contributed by atoms with Crippen molar-refractivity contribution in [1.82, 2.24) is 10.3 Å². The number of nitrogens with one attached hydrogen (secondary N) is 1. The lowest BCUT2D eigenvalue weighted by molar-refractivity contribution is 0.441. The first-order valence-electron chi connectivity index (χ1n) is 6.18. The summed E-state index contributed by atoms with van der Waals surface area (Å²) in [5.74, 6) is 2.44. The van der Waals surface area contributed by atoms with Gasteiger partial charge < -0.3 is 15.5 Å². The Labute approximate surface area is 96.6 Å². The molecule has 0 aromatic carbocycles. The fourth-order valence-electron chi connectivity index (χ4n) is 2.30. The molecular formula is C12H21N3O. The van der Waals surface area contributed by atoms with Gasteiger partial charge in [-0.2, -0.15) is 0 Å². The third kappa shape index (κ3) is 2.62. The van der Waals surface area contributed by atoms with E-state index in [1.54, 1.807) is 0 Å². The number of hydrogen-bond acceptors (Lipinski definition) is 4. The lowest BCUT2D eigenvalue weighted by atomic mass is 9.94. The van der Waals surface area contributed by atoms with Crippen LogP contribution in [0.3, 0.4) is 0 Å². The van der Waals surface area contributed by atoms with Gasteiger partial charge in [-0.25, -0.2) is 4.98 Å². The Morgan fingerprint density at radius 3 is 2.88 bits per heavy atom. The predicted octanol–water partition coefficient (Wildman–Crippen LogP) is 1.34. The van der Waals surface area contributed by atoms with E-state index in [1.165, 1.54) is 18.5 Å². The van der Waals surface area contributed by atoms with Gasteiger partial charge in [0.25, 0.3) is 0 Å². The Kier molecular flexibility index (Phi) is 3.96. The number of nitrogens with zero attached hydrogens (tertiary/aromatic N) is 1. The van der Waals surface area contributed by atoms with Crippen molar-refractivity contribution in [2.45, 2.75) is 38.5 Å². The first-order chi connectivity index (χ1) is 7.81. The molecule has 16 heavy (non-hydrogen) atoms. The van der Waals surface area contributed by atoms with Gasteiger partial charge in [-0.1, -0.05) is 0 Å². The molecule has 0 saturated carbocycles. The molecule has 90 valence electrons. The van der Waals surface area contributed by atoms with Crippen LogP contribution in [0.4, 0.5) is 0 Å². The minimum absolute atomic E-state index is 0.580. The molecule has 4 heteroatoms. The number of aryl methyl sites for hydroxylation is 2. The van der Waals surface area contributed by atoms with Crippen molar-refractivity contribution in [2.24, 2.45) is 5.73 Å². The number of aromatic nitrogens is 1. The fourth-order valence-corrected chi connectivity index (χ4v) is 2.30. The molecule has 0 unspecified atom stereocenters. The Morgan fingerprint density at radius 2 is 2.19 bits per heavy atom. The highest BCUT2D eigenvalue weighted by Gasteiger charge is 2.21. The summed E-state index contributed by atoms with van der Waals surface area (Å²) in [6.45, 7) is 4.91. The van der Waals surface area contributed by atoms with Crippen LogP contribution in [0.2, 0.25) is 0 Å². The monoisotopic (exact) mass is 223 g/mol. The lowest BCUT2D eigenvalue weighted by Gasteiger charge is -2.20. The summed E-state index contributed by atoms with van der Waals surface area (Å²) in [5, 5.41) is 3.37. The van der Waals surface area contributed by atoms with Crippen LogP contribution in [0.1, 0.15) is 42.5 Å². The summed E-state index contributed by atoms with van der Waals surface area (Å²) in [5.41, 5.74) is 6.66. The Morgan fingerprint density at radius 1 is 1.44 bits per heavy atom. The van der Waals surface area contributed by atoms with Crippen LogP contribution >= 0.6 is 0 Å². The lowest BCUT2D eigenvalue weighted by Crippen LogP contribution is -2.27. The zero-order valence-corrected chi connectivity index (χ0v) is 9.96. The minimum atomic E-state index is 0.580. The number of hydrogen-bond donors (Lipinski definition) is 2. The van der Waals surface area contributed by atoms with E-state index in [2.05, 4.69) is 10.3 Å². The molecule has 0 bridgehead atoms. The van der Waals surface area contributed by atoms with Crippen LogP contribution in [-0.4, -0.2) is 24.6 Å². The molecule has 1 aliphatic heterocycles. The van der Waals surface area contributed by atoms with Crippen molar-refractivity contribution in [1.29, 1.82) is 0 Å². The van der Waals surface area contributed by atoms with E-state index >= 15 is 0 Å². The molecule has 1 fully saturated rings. The van der Waals surface area contributed by atoms with E-state index in [9.17, 15) is 0 Å². The number of rotatable bonds is 4. The molecular weight excluding hydrogens is 202 g/mol. The minimum Gasteiger partial charge on any atom is -0.446 e. The van der Waals surface area contributed by atoms with Gasteiger partial charge in [0.1, 0.15) is 5.76 Å².